The molecule has 102 valence electrons. The lowest BCUT2D eigenvalue weighted by Gasteiger charge is -2.31. The summed E-state index contributed by atoms with van der Waals surface area (Å²) in [6, 6.07) is 7.51. The Hall–Kier alpha value is -1.81. The number of amides is 1. The Balaban J connectivity index is 2.29. The Morgan fingerprint density at radius 3 is 2.63 bits per heavy atom. The first kappa shape index (κ1) is 13.6. The van der Waals surface area contributed by atoms with E-state index in [2.05, 4.69) is 5.32 Å². The number of rotatable bonds is 5. The molecule has 4 nitrogen and oxygen atoms in total. The van der Waals surface area contributed by atoms with Gasteiger partial charge in [0.05, 0.1) is 11.1 Å². The first-order chi connectivity index (χ1) is 9.15. The summed E-state index contributed by atoms with van der Waals surface area (Å²) in [7, 11) is 0. The molecule has 0 aliphatic heterocycles. The van der Waals surface area contributed by atoms with E-state index in [-0.39, 0.29) is 11.4 Å². The van der Waals surface area contributed by atoms with Crippen molar-refractivity contribution >= 4 is 16.9 Å². The van der Waals surface area contributed by atoms with Gasteiger partial charge in [0.2, 0.25) is 0 Å². The molecule has 1 amide bonds. The zero-order chi connectivity index (χ0) is 13.9. The van der Waals surface area contributed by atoms with Gasteiger partial charge in [0.25, 0.3) is 5.91 Å². The number of hydrogen-bond acceptors (Lipinski definition) is 3. The molecule has 19 heavy (non-hydrogen) atoms. The van der Waals surface area contributed by atoms with Crippen molar-refractivity contribution in [3.8, 4) is 0 Å². The molecule has 1 aromatic carbocycles. The van der Waals surface area contributed by atoms with E-state index in [1.807, 2.05) is 38.1 Å². The molecule has 0 aliphatic rings. The summed E-state index contributed by atoms with van der Waals surface area (Å²) < 4.78 is 5.39. The molecule has 0 spiro atoms. The molecule has 0 bridgehead atoms. The lowest BCUT2D eigenvalue weighted by atomic mass is 9.92. The van der Waals surface area contributed by atoms with E-state index in [0.717, 1.165) is 23.8 Å². The van der Waals surface area contributed by atoms with Crippen molar-refractivity contribution in [2.75, 3.05) is 6.54 Å². The van der Waals surface area contributed by atoms with E-state index in [1.165, 1.54) is 6.26 Å². The van der Waals surface area contributed by atoms with Gasteiger partial charge in [-0.2, -0.15) is 0 Å². The van der Waals surface area contributed by atoms with Crippen LogP contribution in [0.25, 0.3) is 11.0 Å². The molecule has 0 atom stereocenters. The average molecular weight is 260 g/mol. The van der Waals surface area contributed by atoms with Crippen LogP contribution < -0.4 is 11.1 Å². The predicted octanol–water partition coefficient (Wildman–Crippen LogP) is 2.68. The first-order valence-electron chi connectivity index (χ1n) is 6.64. The monoisotopic (exact) mass is 260 g/mol. The number of nitrogens with one attached hydrogen (secondary N) is 1. The van der Waals surface area contributed by atoms with Gasteiger partial charge in [-0.25, -0.2) is 0 Å². The molecule has 2 aromatic rings. The largest absolute Gasteiger partial charge is 0.463 e. The molecule has 1 aromatic heterocycles. The molecule has 0 unspecified atom stereocenters. The Bertz CT molecular complexity index is 562. The minimum Gasteiger partial charge on any atom is -0.463 e. The number of furan rings is 1. The maximum Gasteiger partial charge on any atom is 0.255 e. The molecule has 0 aliphatic carbocycles. The summed E-state index contributed by atoms with van der Waals surface area (Å²) in [6.07, 6.45) is 3.12. The van der Waals surface area contributed by atoms with E-state index in [4.69, 9.17) is 10.2 Å². The highest BCUT2D eigenvalue weighted by Crippen LogP contribution is 2.22. The number of benzene rings is 1. The van der Waals surface area contributed by atoms with Gasteiger partial charge in [0, 0.05) is 11.9 Å². The molecule has 0 saturated carbocycles. The molecule has 4 heteroatoms. The topological polar surface area (TPSA) is 68.3 Å². The molecule has 0 radical (unpaired) electrons. The summed E-state index contributed by atoms with van der Waals surface area (Å²) >= 11 is 0. The average Bonchev–Trinajstić information content (AvgIpc) is 2.89. The highest BCUT2D eigenvalue weighted by molar-refractivity contribution is 6.06. The molecule has 1 heterocycles. The van der Waals surface area contributed by atoms with Crippen LogP contribution in [0.3, 0.4) is 0 Å². The van der Waals surface area contributed by atoms with Crippen molar-refractivity contribution in [2.24, 2.45) is 5.73 Å². The third-order valence-electron chi connectivity index (χ3n) is 3.85. The van der Waals surface area contributed by atoms with Crippen LogP contribution in [-0.2, 0) is 0 Å². The predicted molar refractivity (Wildman–Crippen MR) is 76.0 cm³/mol. The van der Waals surface area contributed by atoms with Crippen LogP contribution >= 0.6 is 0 Å². The van der Waals surface area contributed by atoms with Crippen molar-refractivity contribution in [2.45, 2.75) is 32.2 Å². The second kappa shape index (κ2) is 5.45. The van der Waals surface area contributed by atoms with Crippen LogP contribution in [0, 0.1) is 0 Å². The maximum absolute atomic E-state index is 12.4. The maximum atomic E-state index is 12.4. The second-order valence-electron chi connectivity index (χ2n) is 4.79. The number of carbonyl (C=O) groups excluding carboxylic acids is 1. The SMILES string of the molecule is CCC(CC)(CN)NC(=O)c1coc2ccccc12. The van der Waals surface area contributed by atoms with Gasteiger partial charge in [-0.3, -0.25) is 4.79 Å². The fraction of sp³-hybridized carbons (Fsp3) is 0.400. The third kappa shape index (κ3) is 2.49. The Morgan fingerprint density at radius 1 is 1.32 bits per heavy atom. The highest BCUT2D eigenvalue weighted by atomic mass is 16.3. The van der Waals surface area contributed by atoms with Gasteiger partial charge in [-0.15, -0.1) is 0 Å². The van der Waals surface area contributed by atoms with Crippen LogP contribution in [0.2, 0.25) is 0 Å². The van der Waals surface area contributed by atoms with Gasteiger partial charge in [-0.1, -0.05) is 32.0 Å². The molecule has 2 rings (SSSR count). The van der Waals surface area contributed by atoms with Gasteiger partial charge in [-0.05, 0) is 18.9 Å². The lowest BCUT2D eigenvalue weighted by molar-refractivity contribution is 0.0896. The van der Waals surface area contributed by atoms with Crippen molar-refractivity contribution in [3.63, 3.8) is 0 Å². The van der Waals surface area contributed by atoms with Gasteiger partial charge in [0.15, 0.2) is 0 Å². The van der Waals surface area contributed by atoms with E-state index in [1.54, 1.807) is 0 Å². The van der Waals surface area contributed by atoms with Gasteiger partial charge < -0.3 is 15.5 Å². The van der Waals surface area contributed by atoms with Gasteiger partial charge >= 0.3 is 0 Å². The summed E-state index contributed by atoms with van der Waals surface area (Å²) in [5.41, 5.74) is 6.75. The number of carbonyl (C=O) groups is 1. The highest BCUT2D eigenvalue weighted by Gasteiger charge is 2.27. The van der Waals surface area contributed by atoms with E-state index < -0.39 is 0 Å². The van der Waals surface area contributed by atoms with Crippen molar-refractivity contribution in [3.05, 3.63) is 36.1 Å². The van der Waals surface area contributed by atoms with Crippen LogP contribution in [0.4, 0.5) is 0 Å². The lowest BCUT2D eigenvalue weighted by Crippen LogP contribution is -2.52. The summed E-state index contributed by atoms with van der Waals surface area (Å²) in [4.78, 5) is 12.4. The molecule has 3 N–H and O–H groups in total. The zero-order valence-electron chi connectivity index (χ0n) is 11.4. The van der Waals surface area contributed by atoms with Crippen molar-refractivity contribution < 1.29 is 9.21 Å². The summed E-state index contributed by atoms with van der Waals surface area (Å²) in [5.74, 6) is -0.126. The summed E-state index contributed by atoms with van der Waals surface area (Å²) in [5, 5.41) is 3.88. The Labute approximate surface area is 113 Å². The van der Waals surface area contributed by atoms with Crippen LogP contribution in [0.15, 0.2) is 34.9 Å². The number of nitrogens with two attached hydrogens (primary N) is 1. The van der Waals surface area contributed by atoms with Crippen molar-refractivity contribution in [1.29, 1.82) is 0 Å². The first-order valence-corrected chi connectivity index (χ1v) is 6.64. The fourth-order valence-electron chi connectivity index (χ4n) is 2.23. The van der Waals surface area contributed by atoms with E-state index in [9.17, 15) is 4.79 Å². The van der Waals surface area contributed by atoms with E-state index >= 15 is 0 Å². The normalized spacial score (nSPS) is 11.7. The summed E-state index contributed by atoms with van der Waals surface area (Å²) in [6.45, 7) is 4.50. The standard InChI is InChI=1S/C15H20N2O2/c1-3-15(4-2,10-16)17-14(18)12-9-19-13-8-6-5-7-11(12)13/h5-9H,3-4,10,16H2,1-2H3,(H,17,18). The van der Waals surface area contributed by atoms with Crippen LogP contribution in [0.1, 0.15) is 37.0 Å². The van der Waals surface area contributed by atoms with Crippen LogP contribution in [0.5, 0.6) is 0 Å². The zero-order valence-corrected chi connectivity index (χ0v) is 11.4. The van der Waals surface area contributed by atoms with Crippen molar-refractivity contribution in [1.82, 2.24) is 5.32 Å². The fourth-order valence-corrected chi connectivity index (χ4v) is 2.23. The molecule has 0 saturated heterocycles. The molecular formula is C15H20N2O2. The quantitative estimate of drug-likeness (QED) is 0.868. The van der Waals surface area contributed by atoms with E-state index in [0.29, 0.717) is 12.1 Å². The Kier molecular flexibility index (Phi) is 3.90. The Morgan fingerprint density at radius 2 is 2.00 bits per heavy atom. The second-order valence-corrected chi connectivity index (χ2v) is 4.79. The molecule has 0 fully saturated rings. The minimum absolute atomic E-state index is 0.126. The minimum atomic E-state index is -0.338. The molecular weight excluding hydrogens is 240 g/mol. The third-order valence-corrected chi connectivity index (χ3v) is 3.85. The number of para-hydroxylation sites is 1. The number of fused-ring (bicyclic) bond motifs is 1. The van der Waals surface area contributed by atoms with Crippen LogP contribution in [-0.4, -0.2) is 18.0 Å². The number of hydrogen-bond donors (Lipinski definition) is 2. The smallest absolute Gasteiger partial charge is 0.255 e. The van der Waals surface area contributed by atoms with Gasteiger partial charge in [0.1, 0.15) is 11.8 Å².